The van der Waals surface area contributed by atoms with E-state index in [0.29, 0.717) is 26.4 Å². The van der Waals surface area contributed by atoms with E-state index in [9.17, 15) is 4.79 Å². The third-order valence-electron chi connectivity index (χ3n) is 3.34. The lowest BCUT2D eigenvalue weighted by molar-refractivity contribution is -0.145. The van der Waals surface area contributed by atoms with Crippen LogP contribution in [-0.4, -0.2) is 50.7 Å². The van der Waals surface area contributed by atoms with Crippen molar-refractivity contribution in [3.63, 3.8) is 0 Å². The van der Waals surface area contributed by atoms with Gasteiger partial charge in [-0.2, -0.15) is 0 Å². The van der Waals surface area contributed by atoms with Crippen LogP contribution >= 0.6 is 0 Å². The van der Waals surface area contributed by atoms with Gasteiger partial charge >= 0.3 is 5.97 Å². The van der Waals surface area contributed by atoms with Gasteiger partial charge in [-0.05, 0) is 31.2 Å². The number of aromatic nitrogens is 1. The Kier molecular flexibility index (Phi) is 6.90. The van der Waals surface area contributed by atoms with Crippen molar-refractivity contribution in [3.05, 3.63) is 30.5 Å². The number of rotatable bonds is 10. The Balaban J connectivity index is 1.75. The molecule has 126 valence electrons. The molecule has 0 bridgehead atoms. The second-order valence-corrected chi connectivity index (χ2v) is 4.90. The highest BCUT2D eigenvalue weighted by Crippen LogP contribution is 2.21. The predicted molar refractivity (Wildman–Crippen MR) is 86.8 cm³/mol. The van der Waals surface area contributed by atoms with Crippen LogP contribution in [0.2, 0.25) is 0 Å². The van der Waals surface area contributed by atoms with Gasteiger partial charge in [0.25, 0.3) is 0 Å². The SMILES string of the molecule is CCOCCOCCOC(=O)Cn1ccc2cc(OC)ccc21. The summed E-state index contributed by atoms with van der Waals surface area (Å²) in [5.41, 5.74) is 0.968. The van der Waals surface area contributed by atoms with Crippen molar-refractivity contribution in [1.29, 1.82) is 0 Å². The molecule has 0 saturated carbocycles. The minimum atomic E-state index is -0.285. The van der Waals surface area contributed by atoms with Crippen LogP contribution in [0.3, 0.4) is 0 Å². The number of carbonyl (C=O) groups is 1. The summed E-state index contributed by atoms with van der Waals surface area (Å²) in [5, 5.41) is 1.02. The van der Waals surface area contributed by atoms with Crippen LogP contribution in [0.1, 0.15) is 6.92 Å². The summed E-state index contributed by atoms with van der Waals surface area (Å²) >= 11 is 0. The van der Waals surface area contributed by atoms with Crippen LogP contribution in [0, 0.1) is 0 Å². The second-order valence-electron chi connectivity index (χ2n) is 4.90. The lowest BCUT2D eigenvalue weighted by Crippen LogP contribution is -2.16. The largest absolute Gasteiger partial charge is 0.497 e. The number of nitrogens with zero attached hydrogens (tertiary/aromatic N) is 1. The Labute approximate surface area is 135 Å². The maximum absolute atomic E-state index is 11.9. The molecule has 0 aliphatic rings. The third-order valence-corrected chi connectivity index (χ3v) is 3.34. The number of esters is 1. The monoisotopic (exact) mass is 321 g/mol. The van der Waals surface area contributed by atoms with Crippen molar-refractivity contribution in [2.75, 3.05) is 40.1 Å². The molecule has 6 heteroatoms. The zero-order chi connectivity index (χ0) is 16.5. The van der Waals surface area contributed by atoms with Crippen molar-refractivity contribution in [1.82, 2.24) is 4.57 Å². The first-order chi connectivity index (χ1) is 11.2. The van der Waals surface area contributed by atoms with Gasteiger partial charge in [0.05, 0.1) is 26.9 Å². The van der Waals surface area contributed by atoms with Crippen LogP contribution in [0.25, 0.3) is 10.9 Å². The van der Waals surface area contributed by atoms with Crippen LogP contribution in [0.15, 0.2) is 30.5 Å². The van der Waals surface area contributed by atoms with Crippen molar-refractivity contribution >= 4 is 16.9 Å². The fourth-order valence-corrected chi connectivity index (χ4v) is 2.21. The first-order valence-electron chi connectivity index (χ1n) is 7.68. The highest BCUT2D eigenvalue weighted by Gasteiger charge is 2.08. The number of fused-ring (bicyclic) bond motifs is 1. The van der Waals surface area contributed by atoms with E-state index < -0.39 is 0 Å². The normalized spacial score (nSPS) is 10.9. The Morgan fingerprint density at radius 2 is 1.87 bits per heavy atom. The average Bonchev–Trinajstić information content (AvgIpc) is 2.96. The fourth-order valence-electron chi connectivity index (χ4n) is 2.21. The molecule has 0 radical (unpaired) electrons. The molecule has 0 saturated heterocycles. The number of benzene rings is 1. The molecule has 1 aromatic carbocycles. The second kappa shape index (κ2) is 9.17. The van der Waals surface area contributed by atoms with Gasteiger partial charge < -0.3 is 23.5 Å². The van der Waals surface area contributed by atoms with Gasteiger partial charge in [0.15, 0.2) is 0 Å². The minimum absolute atomic E-state index is 0.175. The van der Waals surface area contributed by atoms with E-state index in [0.717, 1.165) is 16.7 Å². The zero-order valence-corrected chi connectivity index (χ0v) is 13.6. The lowest BCUT2D eigenvalue weighted by Gasteiger charge is -2.08. The maximum atomic E-state index is 11.9. The van der Waals surface area contributed by atoms with E-state index in [4.69, 9.17) is 18.9 Å². The van der Waals surface area contributed by atoms with Gasteiger partial charge in [-0.15, -0.1) is 0 Å². The Bertz CT molecular complexity index is 622. The van der Waals surface area contributed by atoms with E-state index in [1.54, 1.807) is 7.11 Å². The highest BCUT2D eigenvalue weighted by atomic mass is 16.6. The summed E-state index contributed by atoms with van der Waals surface area (Å²) in [6.07, 6.45) is 1.87. The maximum Gasteiger partial charge on any atom is 0.326 e. The fraction of sp³-hybridized carbons (Fsp3) is 0.471. The Morgan fingerprint density at radius 3 is 2.65 bits per heavy atom. The molecular weight excluding hydrogens is 298 g/mol. The van der Waals surface area contributed by atoms with Gasteiger partial charge in [0.1, 0.15) is 18.9 Å². The molecule has 0 aliphatic carbocycles. The number of carbonyl (C=O) groups excluding carboxylic acids is 1. The van der Waals surface area contributed by atoms with Crippen molar-refractivity contribution in [2.45, 2.75) is 13.5 Å². The van der Waals surface area contributed by atoms with Crippen LogP contribution in [0.5, 0.6) is 5.75 Å². The quantitative estimate of drug-likeness (QED) is 0.496. The molecule has 0 fully saturated rings. The average molecular weight is 321 g/mol. The van der Waals surface area contributed by atoms with E-state index in [1.807, 2.05) is 42.0 Å². The van der Waals surface area contributed by atoms with Crippen LogP contribution in [0.4, 0.5) is 0 Å². The minimum Gasteiger partial charge on any atom is -0.497 e. The topological polar surface area (TPSA) is 58.9 Å². The zero-order valence-electron chi connectivity index (χ0n) is 13.6. The van der Waals surface area contributed by atoms with Gasteiger partial charge in [0.2, 0.25) is 0 Å². The Hall–Kier alpha value is -2.05. The first kappa shape index (κ1) is 17.3. The predicted octanol–water partition coefficient (Wildman–Crippen LogP) is 2.25. The summed E-state index contributed by atoms with van der Waals surface area (Å²) in [5.74, 6) is 0.508. The molecule has 0 N–H and O–H groups in total. The van der Waals surface area contributed by atoms with Crippen LogP contribution in [-0.2, 0) is 25.5 Å². The first-order valence-corrected chi connectivity index (χ1v) is 7.68. The summed E-state index contributed by atoms with van der Waals surface area (Å²) in [4.78, 5) is 11.9. The molecule has 0 atom stereocenters. The molecule has 2 aromatic rings. The molecule has 1 heterocycles. The summed E-state index contributed by atoms with van der Waals surface area (Å²) in [6.45, 7) is 4.48. The van der Waals surface area contributed by atoms with Crippen molar-refractivity contribution < 1.29 is 23.7 Å². The standard InChI is InChI=1S/C17H23NO5/c1-3-21-8-9-22-10-11-23-17(19)13-18-7-6-14-12-15(20-2)4-5-16(14)18/h4-7,12H,3,8-11,13H2,1-2H3. The smallest absolute Gasteiger partial charge is 0.326 e. The highest BCUT2D eigenvalue weighted by molar-refractivity contribution is 5.83. The van der Waals surface area contributed by atoms with Gasteiger partial charge in [-0.3, -0.25) is 4.79 Å². The summed E-state index contributed by atoms with van der Waals surface area (Å²) < 4.78 is 22.6. The summed E-state index contributed by atoms with van der Waals surface area (Å²) in [7, 11) is 1.63. The van der Waals surface area contributed by atoms with Crippen molar-refractivity contribution in [2.24, 2.45) is 0 Å². The van der Waals surface area contributed by atoms with Crippen LogP contribution < -0.4 is 4.74 Å². The summed E-state index contributed by atoms with van der Waals surface area (Å²) in [6, 6.07) is 7.68. The third kappa shape index (κ3) is 5.26. The molecule has 23 heavy (non-hydrogen) atoms. The number of hydrogen-bond acceptors (Lipinski definition) is 5. The molecule has 6 nitrogen and oxygen atoms in total. The molecule has 0 aliphatic heterocycles. The number of methoxy groups -OCH3 is 1. The van der Waals surface area contributed by atoms with E-state index >= 15 is 0 Å². The lowest BCUT2D eigenvalue weighted by atomic mass is 10.2. The molecule has 0 unspecified atom stereocenters. The molecule has 1 aromatic heterocycles. The van der Waals surface area contributed by atoms with E-state index in [1.165, 1.54) is 0 Å². The molecule has 0 amide bonds. The van der Waals surface area contributed by atoms with Crippen molar-refractivity contribution in [3.8, 4) is 5.75 Å². The van der Waals surface area contributed by atoms with Gasteiger partial charge in [-0.25, -0.2) is 0 Å². The van der Waals surface area contributed by atoms with E-state index in [-0.39, 0.29) is 19.1 Å². The van der Waals surface area contributed by atoms with Gasteiger partial charge in [0, 0.05) is 23.7 Å². The molecule has 0 spiro atoms. The molecular formula is C17H23NO5. The van der Waals surface area contributed by atoms with Gasteiger partial charge in [-0.1, -0.05) is 0 Å². The van der Waals surface area contributed by atoms with E-state index in [2.05, 4.69) is 0 Å². The number of hydrogen-bond donors (Lipinski definition) is 0. The Morgan fingerprint density at radius 1 is 1.09 bits per heavy atom. The molecule has 2 rings (SSSR count). The number of ether oxygens (including phenoxy) is 4.